The Balaban J connectivity index is 1.64. The van der Waals surface area contributed by atoms with Crippen molar-refractivity contribution in [2.75, 3.05) is 42.6 Å². The minimum absolute atomic E-state index is 0.0667. The van der Waals surface area contributed by atoms with E-state index in [-0.39, 0.29) is 22.0 Å². The SMILES string of the molecule is CC1CCN(c2ccc(C(=O)N[C@@H]3CCS(=O)(=O)C3)cc2S(=O)(=O)N2CCC(C)CC2)CC1. The quantitative estimate of drug-likeness (QED) is 0.669. The lowest BCUT2D eigenvalue weighted by molar-refractivity contribution is 0.0941. The van der Waals surface area contributed by atoms with Gasteiger partial charge in [-0.2, -0.15) is 4.31 Å². The standard InChI is InChI=1S/C23H35N3O5S2/c1-17-5-10-25(11-6-17)21-4-3-19(23(27)24-20-9-14-32(28,29)16-20)15-22(21)33(30,31)26-12-7-18(2)8-13-26/h3-4,15,17-18,20H,5-14,16H2,1-2H3,(H,24,27)/t20-/m1/s1. The van der Waals surface area contributed by atoms with Crippen LogP contribution in [0.5, 0.6) is 0 Å². The molecule has 1 amide bonds. The van der Waals surface area contributed by atoms with E-state index in [1.165, 1.54) is 6.07 Å². The van der Waals surface area contributed by atoms with Gasteiger partial charge in [-0.3, -0.25) is 4.79 Å². The van der Waals surface area contributed by atoms with Gasteiger partial charge in [-0.15, -0.1) is 0 Å². The van der Waals surface area contributed by atoms with E-state index in [4.69, 9.17) is 0 Å². The van der Waals surface area contributed by atoms with Gasteiger partial charge in [0.2, 0.25) is 10.0 Å². The maximum absolute atomic E-state index is 13.7. The summed E-state index contributed by atoms with van der Waals surface area (Å²) >= 11 is 0. The van der Waals surface area contributed by atoms with Crippen molar-refractivity contribution in [3.63, 3.8) is 0 Å². The van der Waals surface area contributed by atoms with Gasteiger partial charge in [-0.25, -0.2) is 16.8 Å². The number of rotatable bonds is 5. The zero-order chi connectivity index (χ0) is 23.8. The lowest BCUT2D eigenvalue weighted by Gasteiger charge is -2.35. The van der Waals surface area contributed by atoms with Crippen molar-refractivity contribution in [3.05, 3.63) is 23.8 Å². The fourth-order valence-corrected chi connectivity index (χ4v) is 8.30. The van der Waals surface area contributed by atoms with Crippen LogP contribution < -0.4 is 10.2 Å². The molecule has 0 aromatic heterocycles. The molecule has 0 unspecified atom stereocenters. The molecule has 0 bridgehead atoms. The van der Waals surface area contributed by atoms with Crippen LogP contribution in [0.25, 0.3) is 0 Å². The molecule has 1 N–H and O–H groups in total. The van der Waals surface area contributed by atoms with Crippen molar-refractivity contribution in [1.82, 2.24) is 9.62 Å². The zero-order valence-electron chi connectivity index (χ0n) is 19.5. The molecule has 3 aliphatic heterocycles. The molecule has 3 fully saturated rings. The van der Waals surface area contributed by atoms with Crippen molar-refractivity contribution in [2.45, 2.75) is 56.9 Å². The number of hydrogen-bond donors (Lipinski definition) is 1. The molecular weight excluding hydrogens is 462 g/mol. The molecule has 1 atom stereocenters. The van der Waals surface area contributed by atoms with Crippen LogP contribution in [0.4, 0.5) is 5.69 Å². The Morgan fingerprint density at radius 2 is 1.58 bits per heavy atom. The van der Waals surface area contributed by atoms with E-state index in [1.807, 2.05) is 0 Å². The average molecular weight is 498 g/mol. The summed E-state index contributed by atoms with van der Waals surface area (Å²) < 4.78 is 52.5. The molecule has 1 aromatic rings. The summed E-state index contributed by atoms with van der Waals surface area (Å²) in [4.78, 5) is 15.2. The smallest absolute Gasteiger partial charge is 0.251 e. The maximum atomic E-state index is 13.7. The molecule has 0 radical (unpaired) electrons. The Morgan fingerprint density at radius 1 is 0.970 bits per heavy atom. The highest BCUT2D eigenvalue weighted by atomic mass is 32.2. The monoisotopic (exact) mass is 497 g/mol. The van der Waals surface area contributed by atoms with E-state index in [0.29, 0.717) is 37.0 Å². The summed E-state index contributed by atoms with van der Waals surface area (Å²) in [6.45, 7) is 6.88. The average Bonchev–Trinajstić information content (AvgIpc) is 3.12. The molecule has 10 heteroatoms. The van der Waals surface area contributed by atoms with Crippen molar-refractivity contribution < 1.29 is 21.6 Å². The van der Waals surface area contributed by atoms with Crippen LogP contribution in [-0.4, -0.2) is 70.8 Å². The van der Waals surface area contributed by atoms with Gasteiger partial charge in [0.25, 0.3) is 5.91 Å². The summed E-state index contributed by atoms with van der Waals surface area (Å²) in [6, 6.07) is 4.45. The molecule has 33 heavy (non-hydrogen) atoms. The molecule has 0 spiro atoms. The van der Waals surface area contributed by atoms with Gasteiger partial charge < -0.3 is 10.2 Å². The molecule has 0 saturated carbocycles. The summed E-state index contributed by atoms with van der Waals surface area (Å²) in [6.07, 6.45) is 4.03. The van der Waals surface area contributed by atoms with E-state index in [0.717, 1.165) is 38.8 Å². The first-order valence-corrected chi connectivity index (χ1v) is 15.2. The Kier molecular flexibility index (Phi) is 7.08. The van der Waals surface area contributed by atoms with E-state index >= 15 is 0 Å². The van der Waals surface area contributed by atoms with Gasteiger partial charge in [-0.1, -0.05) is 13.8 Å². The predicted molar refractivity (Wildman–Crippen MR) is 129 cm³/mol. The fourth-order valence-electron chi connectivity index (χ4n) is 4.91. The topological polar surface area (TPSA) is 104 Å². The highest BCUT2D eigenvalue weighted by Gasteiger charge is 2.34. The van der Waals surface area contributed by atoms with Crippen molar-refractivity contribution in [1.29, 1.82) is 0 Å². The Bertz CT molecular complexity index is 1090. The molecule has 0 aliphatic carbocycles. The third kappa shape index (κ3) is 5.54. The number of carbonyl (C=O) groups is 1. The van der Waals surface area contributed by atoms with E-state index in [1.54, 1.807) is 16.4 Å². The van der Waals surface area contributed by atoms with Crippen LogP contribution in [0.3, 0.4) is 0 Å². The van der Waals surface area contributed by atoms with E-state index < -0.39 is 31.8 Å². The number of nitrogens with zero attached hydrogens (tertiary/aromatic N) is 2. The molecule has 8 nitrogen and oxygen atoms in total. The van der Waals surface area contributed by atoms with Gasteiger partial charge in [-0.05, 0) is 62.1 Å². The predicted octanol–water partition coefficient (Wildman–Crippen LogP) is 2.26. The largest absolute Gasteiger partial charge is 0.370 e. The first-order valence-electron chi connectivity index (χ1n) is 12.0. The number of benzene rings is 1. The van der Waals surface area contributed by atoms with Gasteiger partial charge in [0.15, 0.2) is 9.84 Å². The zero-order valence-corrected chi connectivity index (χ0v) is 21.1. The summed E-state index contributed by atoms with van der Waals surface area (Å²) in [5.41, 5.74) is 0.901. The number of sulfone groups is 1. The van der Waals surface area contributed by atoms with Gasteiger partial charge in [0.05, 0.1) is 17.2 Å². The summed E-state index contributed by atoms with van der Waals surface area (Å²) in [5.74, 6) is 0.675. The van der Waals surface area contributed by atoms with Gasteiger partial charge in [0.1, 0.15) is 4.90 Å². The highest BCUT2D eigenvalue weighted by molar-refractivity contribution is 7.91. The van der Waals surface area contributed by atoms with Crippen LogP contribution in [0.2, 0.25) is 0 Å². The fraction of sp³-hybridized carbons (Fsp3) is 0.696. The number of anilines is 1. The molecule has 1 aromatic carbocycles. The summed E-state index contributed by atoms with van der Waals surface area (Å²) in [5, 5.41) is 2.78. The van der Waals surface area contributed by atoms with Crippen molar-refractivity contribution in [3.8, 4) is 0 Å². The maximum Gasteiger partial charge on any atom is 0.251 e. The molecule has 3 aliphatic rings. The number of hydrogen-bond acceptors (Lipinski definition) is 6. The van der Waals surface area contributed by atoms with Crippen molar-refractivity contribution >= 4 is 31.5 Å². The first kappa shape index (κ1) is 24.5. The second-order valence-corrected chi connectivity index (χ2v) is 14.1. The van der Waals surface area contributed by atoms with Crippen LogP contribution in [0.1, 0.15) is 56.3 Å². The normalized spacial score (nSPS) is 25.3. The lowest BCUT2D eigenvalue weighted by Crippen LogP contribution is -2.40. The van der Waals surface area contributed by atoms with Crippen LogP contribution in [0.15, 0.2) is 23.1 Å². The second kappa shape index (κ2) is 9.54. The van der Waals surface area contributed by atoms with E-state index in [9.17, 15) is 21.6 Å². The Labute approximate surface area is 197 Å². The molecule has 3 saturated heterocycles. The Morgan fingerprint density at radius 3 is 2.15 bits per heavy atom. The number of amides is 1. The number of piperidine rings is 2. The minimum Gasteiger partial charge on any atom is -0.370 e. The number of carbonyl (C=O) groups excluding carboxylic acids is 1. The summed E-state index contributed by atoms with van der Waals surface area (Å²) in [7, 11) is -6.89. The third-order valence-electron chi connectivity index (χ3n) is 7.27. The minimum atomic E-state index is -3.77. The van der Waals surface area contributed by atoms with Crippen molar-refractivity contribution in [2.24, 2.45) is 11.8 Å². The van der Waals surface area contributed by atoms with Crippen LogP contribution in [-0.2, 0) is 19.9 Å². The highest BCUT2D eigenvalue weighted by Crippen LogP contribution is 2.33. The van der Waals surface area contributed by atoms with Crippen LogP contribution >= 0.6 is 0 Å². The van der Waals surface area contributed by atoms with E-state index in [2.05, 4.69) is 24.1 Å². The lowest BCUT2D eigenvalue weighted by atomic mass is 9.98. The third-order valence-corrected chi connectivity index (χ3v) is 11.0. The number of nitrogens with one attached hydrogen (secondary N) is 1. The van der Waals surface area contributed by atoms with Crippen LogP contribution in [0, 0.1) is 11.8 Å². The van der Waals surface area contributed by atoms with Gasteiger partial charge in [0, 0.05) is 37.8 Å². The molecular formula is C23H35N3O5S2. The molecule has 4 rings (SSSR count). The molecule has 3 heterocycles. The number of sulfonamides is 1. The second-order valence-electron chi connectivity index (χ2n) is 10.0. The first-order chi connectivity index (χ1) is 15.5. The Hall–Kier alpha value is -1.65. The molecule has 184 valence electrons. The van der Waals surface area contributed by atoms with Gasteiger partial charge >= 0.3 is 0 Å².